The molecule has 0 aliphatic heterocycles. The first-order valence-corrected chi connectivity index (χ1v) is 12.2. The summed E-state index contributed by atoms with van der Waals surface area (Å²) in [6, 6.07) is 4.88. The molecule has 0 heterocycles. The molecule has 1 aromatic rings. The van der Waals surface area contributed by atoms with Crippen LogP contribution < -0.4 is 4.74 Å². The zero-order valence-electron chi connectivity index (χ0n) is 18.0. The van der Waals surface area contributed by atoms with Crippen LogP contribution in [-0.2, 0) is 4.79 Å². The van der Waals surface area contributed by atoms with Crippen LogP contribution in [0.15, 0.2) is 12.1 Å². The molecule has 0 radical (unpaired) electrons. The fourth-order valence-corrected chi connectivity index (χ4v) is 6.10. The first-order chi connectivity index (χ1) is 14.2. The van der Waals surface area contributed by atoms with Gasteiger partial charge < -0.3 is 9.84 Å². The molecule has 3 aliphatic rings. The highest BCUT2D eigenvalue weighted by atomic mass is 16.5. The Morgan fingerprint density at radius 3 is 1.55 bits per heavy atom. The van der Waals surface area contributed by atoms with E-state index in [1.807, 2.05) is 0 Å². The molecule has 160 valence electrons. The first kappa shape index (κ1) is 20.8. The van der Waals surface area contributed by atoms with Crippen LogP contribution in [0.4, 0.5) is 0 Å². The smallest absolute Gasteiger partial charge is 0.341 e. The van der Waals surface area contributed by atoms with Gasteiger partial charge in [-0.25, -0.2) is 4.79 Å². The van der Waals surface area contributed by atoms with Crippen molar-refractivity contribution in [3.05, 3.63) is 28.8 Å². The second-order valence-electron chi connectivity index (χ2n) is 9.72. The van der Waals surface area contributed by atoms with Crippen molar-refractivity contribution in [3.8, 4) is 5.75 Å². The maximum Gasteiger partial charge on any atom is 0.341 e. The third kappa shape index (κ3) is 5.16. The van der Waals surface area contributed by atoms with Crippen LogP contribution in [0.5, 0.6) is 5.75 Å². The van der Waals surface area contributed by atoms with E-state index in [2.05, 4.69) is 12.1 Å². The van der Waals surface area contributed by atoms with Gasteiger partial charge in [-0.2, -0.15) is 0 Å². The number of carboxylic acid groups (broad SMARTS) is 1. The SMILES string of the molecule is O=C(O)COc1c(C2CCCCC2)cc(C2CCCCC2)cc1C1CCCCC1. The first-order valence-electron chi connectivity index (χ1n) is 12.2. The predicted molar refractivity (Wildman–Crippen MR) is 117 cm³/mol. The summed E-state index contributed by atoms with van der Waals surface area (Å²) >= 11 is 0. The summed E-state index contributed by atoms with van der Waals surface area (Å²) in [6.45, 7) is -0.220. The van der Waals surface area contributed by atoms with Gasteiger partial charge in [0.2, 0.25) is 0 Å². The Balaban J connectivity index is 1.75. The molecule has 0 spiro atoms. The average Bonchev–Trinajstić information content (AvgIpc) is 2.79. The van der Waals surface area contributed by atoms with Crippen molar-refractivity contribution in [3.63, 3.8) is 0 Å². The quantitative estimate of drug-likeness (QED) is 0.547. The van der Waals surface area contributed by atoms with Crippen molar-refractivity contribution in [2.75, 3.05) is 6.61 Å². The lowest BCUT2D eigenvalue weighted by molar-refractivity contribution is -0.139. The Morgan fingerprint density at radius 2 is 1.14 bits per heavy atom. The van der Waals surface area contributed by atoms with Crippen LogP contribution in [0.25, 0.3) is 0 Å². The molecule has 3 fully saturated rings. The monoisotopic (exact) mass is 398 g/mol. The van der Waals surface area contributed by atoms with Crippen LogP contribution in [0, 0.1) is 0 Å². The fraction of sp³-hybridized carbons (Fsp3) is 0.731. The van der Waals surface area contributed by atoms with Gasteiger partial charge >= 0.3 is 5.97 Å². The highest BCUT2D eigenvalue weighted by Crippen LogP contribution is 2.47. The molecule has 0 unspecified atom stereocenters. The molecule has 3 heteroatoms. The molecular weight excluding hydrogens is 360 g/mol. The largest absolute Gasteiger partial charge is 0.481 e. The molecule has 3 nitrogen and oxygen atoms in total. The molecule has 0 aromatic heterocycles. The van der Waals surface area contributed by atoms with E-state index in [4.69, 9.17) is 4.74 Å². The number of hydrogen-bond donors (Lipinski definition) is 1. The molecule has 3 saturated carbocycles. The lowest BCUT2D eigenvalue weighted by atomic mass is 9.75. The van der Waals surface area contributed by atoms with E-state index in [1.54, 1.807) is 0 Å². The molecule has 0 saturated heterocycles. The summed E-state index contributed by atoms with van der Waals surface area (Å²) in [6.07, 6.45) is 19.4. The topological polar surface area (TPSA) is 46.5 Å². The number of carbonyl (C=O) groups is 1. The van der Waals surface area contributed by atoms with E-state index < -0.39 is 5.97 Å². The minimum Gasteiger partial charge on any atom is -0.481 e. The van der Waals surface area contributed by atoms with Crippen molar-refractivity contribution in [2.24, 2.45) is 0 Å². The second-order valence-corrected chi connectivity index (χ2v) is 9.72. The van der Waals surface area contributed by atoms with Crippen molar-refractivity contribution in [2.45, 2.75) is 114 Å². The Hall–Kier alpha value is -1.51. The molecule has 0 amide bonds. The molecule has 0 atom stereocenters. The van der Waals surface area contributed by atoms with Crippen molar-refractivity contribution < 1.29 is 14.6 Å². The molecule has 1 aromatic carbocycles. The molecular formula is C26H38O3. The lowest BCUT2D eigenvalue weighted by Crippen LogP contribution is -2.17. The molecule has 0 bridgehead atoms. The second kappa shape index (κ2) is 10.00. The highest BCUT2D eigenvalue weighted by Gasteiger charge is 2.29. The predicted octanol–water partition coefficient (Wildman–Crippen LogP) is 7.29. The van der Waals surface area contributed by atoms with Crippen LogP contribution in [0.1, 0.15) is 131 Å². The minimum atomic E-state index is -0.870. The highest BCUT2D eigenvalue weighted by molar-refractivity contribution is 5.68. The zero-order valence-corrected chi connectivity index (χ0v) is 18.0. The third-order valence-corrected chi connectivity index (χ3v) is 7.68. The summed E-state index contributed by atoms with van der Waals surface area (Å²) in [5.41, 5.74) is 4.21. The molecule has 29 heavy (non-hydrogen) atoms. The normalized spacial score (nSPS) is 22.5. The Kier molecular flexibility index (Phi) is 7.15. The van der Waals surface area contributed by atoms with Crippen molar-refractivity contribution >= 4 is 5.97 Å². The maximum absolute atomic E-state index is 11.3. The Labute approximate surface area is 176 Å². The number of benzene rings is 1. The van der Waals surface area contributed by atoms with E-state index in [0.717, 1.165) is 5.75 Å². The lowest BCUT2D eigenvalue weighted by Gasteiger charge is -2.32. The van der Waals surface area contributed by atoms with E-state index in [0.29, 0.717) is 17.8 Å². The summed E-state index contributed by atoms with van der Waals surface area (Å²) in [5, 5.41) is 9.31. The van der Waals surface area contributed by atoms with Crippen LogP contribution >= 0.6 is 0 Å². The number of aliphatic carboxylic acids is 1. The van der Waals surface area contributed by atoms with Gasteiger partial charge in [0.1, 0.15) is 5.75 Å². The van der Waals surface area contributed by atoms with Gasteiger partial charge in [0, 0.05) is 0 Å². The summed E-state index contributed by atoms with van der Waals surface area (Å²) in [7, 11) is 0. The van der Waals surface area contributed by atoms with Gasteiger partial charge in [0.05, 0.1) is 0 Å². The molecule has 1 N–H and O–H groups in total. The number of rotatable bonds is 6. The number of ether oxygens (including phenoxy) is 1. The van der Waals surface area contributed by atoms with Crippen LogP contribution in [-0.4, -0.2) is 17.7 Å². The summed E-state index contributed by atoms with van der Waals surface area (Å²) in [5.74, 6) is 1.84. The van der Waals surface area contributed by atoms with Gasteiger partial charge in [-0.1, -0.05) is 69.9 Å². The zero-order chi connectivity index (χ0) is 20.1. The van der Waals surface area contributed by atoms with Gasteiger partial charge in [-0.05, 0) is 73.0 Å². The van der Waals surface area contributed by atoms with Gasteiger partial charge in [-0.15, -0.1) is 0 Å². The number of hydrogen-bond acceptors (Lipinski definition) is 2. The molecule has 3 aliphatic carbocycles. The maximum atomic E-state index is 11.3. The van der Waals surface area contributed by atoms with Crippen molar-refractivity contribution in [1.82, 2.24) is 0 Å². The summed E-state index contributed by atoms with van der Waals surface area (Å²) in [4.78, 5) is 11.3. The Morgan fingerprint density at radius 1 is 0.724 bits per heavy atom. The molecule has 4 rings (SSSR count). The standard InChI is InChI=1S/C26H38O3/c27-25(28)18-29-26-23(20-12-6-2-7-13-20)16-22(19-10-4-1-5-11-19)17-24(26)21-14-8-3-9-15-21/h16-17,19-21H,1-15,18H2,(H,27,28). The van der Waals surface area contributed by atoms with Crippen molar-refractivity contribution in [1.29, 1.82) is 0 Å². The van der Waals surface area contributed by atoms with Gasteiger partial charge in [0.25, 0.3) is 0 Å². The Bertz CT molecular complexity index is 638. The average molecular weight is 399 g/mol. The minimum absolute atomic E-state index is 0.220. The van der Waals surface area contributed by atoms with E-state index >= 15 is 0 Å². The van der Waals surface area contributed by atoms with E-state index in [1.165, 1.54) is 113 Å². The van der Waals surface area contributed by atoms with Crippen LogP contribution in [0.3, 0.4) is 0 Å². The van der Waals surface area contributed by atoms with Gasteiger partial charge in [0.15, 0.2) is 6.61 Å². The van der Waals surface area contributed by atoms with Gasteiger partial charge in [-0.3, -0.25) is 0 Å². The van der Waals surface area contributed by atoms with E-state index in [-0.39, 0.29) is 6.61 Å². The summed E-state index contributed by atoms with van der Waals surface area (Å²) < 4.78 is 6.08. The van der Waals surface area contributed by atoms with Crippen LogP contribution in [0.2, 0.25) is 0 Å². The number of carboxylic acids is 1. The van der Waals surface area contributed by atoms with E-state index in [9.17, 15) is 9.90 Å². The third-order valence-electron chi connectivity index (χ3n) is 7.68. The fourth-order valence-electron chi connectivity index (χ4n) is 6.10.